The van der Waals surface area contributed by atoms with E-state index in [9.17, 15) is 4.79 Å². The van der Waals surface area contributed by atoms with Crippen LogP contribution in [-0.4, -0.2) is 22.6 Å². The number of aryl methyl sites for hydroxylation is 1. The third kappa shape index (κ3) is 3.02. The number of hydrogen-bond acceptors (Lipinski definition) is 6. The van der Waals surface area contributed by atoms with Crippen molar-refractivity contribution >= 4 is 46.0 Å². The first-order chi connectivity index (χ1) is 10.6. The van der Waals surface area contributed by atoms with Crippen molar-refractivity contribution in [3.63, 3.8) is 0 Å². The number of amides is 2. The van der Waals surface area contributed by atoms with Crippen LogP contribution in [0, 0.1) is 9.81 Å². The molecular formula is C13H14IN5O2S. The molecule has 1 aliphatic rings. The lowest BCUT2D eigenvalue weighted by molar-refractivity contribution is 0.217. The summed E-state index contributed by atoms with van der Waals surface area (Å²) in [5, 5.41) is 2.84. The molecule has 3 rings (SSSR count). The highest BCUT2D eigenvalue weighted by molar-refractivity contribution is 14.1. The Morgan fingerprint density at radius 1 is 1.41 bits per heavy atom. The van der Waals surface area contributed by atoms with E-state index in [2.05, 4.69) is 37.9 Å². The molecule has 1 aliphatic heterocycles. The average molecular weight is 431 g/mol. The van der Waals surface area contributed by atoms with Gasteiger partial charge in [-0.25, -0.2) is 4.79 Å². The highest BCUT2D eigenvalue weighted by atomic mass is 127. The number of rotatable bonds is 4. The lowest BCUT2D eigenvalue weighted by Gasteiger charge is -2.15. The van der Waals surface area contributed by atoms with Crippen molar-refractivity contribution < 1.29 is 9.53 Å². The first-order valence-corrected chi connectivity index (χ1v) is 8.34. The summed E-state index contributed by atoms with van der Waals surface area (Å²) in [6, 6.07) is 7.55. The molecule has 1 saturated heterocycles. The maximum atomic E-state index is 11.9. The number of hydrazine groups is 3. The van der Waals surface area contributed by atoms with Crippen molar-refractivity contribution in [2.45, 2.75) is 13.5 Å². The first kappa shape index (κ1) is 15.5. The second-order valence-electron chi connectivity index (χ2n) is 4.72. The van der Waals surface area contributed by atoms with Gasteiger partial charge in [0, 0.05) is 7.05 Å². The monoisotopic (exact) mass is 431 g/mol. The Kier molecular flexibility index (Phi) is 4.47. The molecule has 9 heteroatoms. The minimum Gasteiger partial charge on any atom is -0.488 e. The predicted octanol–water partition coefficient (Wildman–Crippen LogP) is 2.43. The van der Waals surface area contributed by atoms with E-state index in [1.807, 2.05) is 31.2 Å². The minimum atomic E-state index is -0.277. The number of carbonyl (C=O) groups is 1. The molecule has 0 radical (unpaired) electrons. The Balaban J connectivity index is 1.81. The van der Waals surface area contributed by atoms with Gasteiger partial charge in [0.05, 0.1) is 8.45 Å². The van der Waals surface area contributed by atoms with Gasteiger partial charge >= 0.3 is 6.03 Å². The second-order valence-corrected chi connectivity index (χ2v) is 7.31. The Morgan fingerprint density at radius 2 is 2.18 bits per heavy atom. The van der Waals surface area contributed by atoms with E-state index >= 15 is 0 Å². The van der Waals surface area contributed by atoms with E-state index in [0.717, 1.165) is 19.8 Å². The van der Waals surface area contributed by atoms with Crippen LogP contribution in [0.5, 0.6) is 5.75 Å². The van der Waals surface area contributed by atoms with Crippen LogP contribution in [0.1, 0.15) is 11.1 Å². The summed E-state index contributed by atoms with van der Waals surface area (Å²) in [5.74, 6) is 1.39. The van der Waals surface area contributed by atoms with Crippen molar-refractivity contribution in [1.82, 2.24) is 20.5 Å². The molecule has 0 unspecified atom stereocenters. The van der Waals surface area contributed by atoms with Crippen LogP contribution in [0.25, 0.3) is 0 Å². The van der Waals surface area contributed by atoms with Crippen molar-refractivity contribution in [1.29, 1.82) is 0 Å². The van der Waals surface area contributed by atoms with E-state index in [-0.39, 0.29) is 6.03 Å². The normalized spacial score (nSPS) is 15.2. The SMILES string of the molecule is Cc1ccccc1OCc1c(N2NN(C)NC2=O)nsc1I. The zero-order valence-electron chi connectivity index (χ0n) is 12.0. The zero-order valence-corrected chi connectivity index (χ0v) is 14.9. The summed E-state index contributed by atoms with van der Waals surface area (Å²) >= 11 is 3.54. The highest BCUT2D eigenvalue weighted by Gasteiger charge is 2.30. The summed E-state index contributed by atoms with van der Waals surface area (Å²) in [4.78, 5) is 11.9. The molecule has 0 atom stereocenters. The highest BCUT2D eigenvalue weighted by Crippen LogP contribution is 2.30. The lowest BCUT2D eigenvalue weighted by atomic mass is 10.2. The topological polar surface area (TPSA) is 69.7 Å². The van der Waals surface area contributed by atoms with E-state index < -0.39 is 0 Å². The van der Waals surface area contributed by atoms with Crippen LogP contribution in [0.3, 0.4) is 0 Å². The number of para-hydroxylation sites is 1. The molecule has 1 aromatic heterocycles. The number of halogens is 1. The van der Waals surface area contributed by atoms with E-state index in [1.165, 1.54) is 21.7 Å². The van der Waals surface area contributed by atoms with Gasteiger partial charge in [0.25, 0.3) is 0 Å². The molecule has 0 aliphatic carbocycles. The third-order valence-corrected chi connectivity index (χ3v) is 5.03. The third-order valence-electron chi connectivity index (χ3n) is 3.11. The summed E-state index contributed by atoms with van der Waals surface area (Å²) in [6.07, 6.45) is 0. The van der Waals surface area contributed by atoms with Crippen molar-refractivity contribution in [3.05, 3.63) is 38.3 Å². The standard InChI is InChI=1S/C13H14IN5O2S/c1-8-5-3-4-6-10(8)21-7-9-11(14)22-16-12(9)19-13(20)15-18(2)17-19/h3-6,17H,7H2,1-2H3,(H,15,20). The van der Waals surface area contributed by atoms with Gasteiger partial charge in [-0.05, 0) is 52.7 Å². The Labute approximate surface area is 145 Å². The molecule has 2 aromatic rings. The van der Waals surface area contributed by atoms with Crippen LogP contribution in [0.4, 0.5) is 10.6 Å². The van der Waals surface area contributed by atoms with Crippen LogP contribution in [0.15, 0.2) is 24.3 Å². The van der Waals surface area contributed by atoms with Crippen LogP contribution < -0.4 is 20.7 Å². The largest absolute Gasteiger partial charge is 0.488 e. The Morgan fingerprint density at radius 3 is 2.86 bits per heavy atom. The molecule has 2 heterocycles. The number of nitrogens with zero attached hydrogens (tertiary/aromatic N) is 3. The molecule has 2 amide bonds. The summed E-state index contributed by atoms with van der Waals surface area (Å²) in [5.41, 5.74) is 7.44. The van der Waals surface area contributed by atoms with Gasteiger partial charge in [0.15, 0.2) is 5.82 Å². The van der Waals surface area contributed by atoms with E-state index in [4.69, 9.17) is 4.74 Å². The van der Waals surface area contributed by atoms with Gasteiger partial charge < -0.3 is 4.74 Å². The quantitative estimate of drug-likeness (QED) is 0.728. The first-order valence-electron chi connectivity index (χ1n) is 6.49. The smallest absolute Gasteiger partial charge is 0.354 e. The molecular weight excluding hydrogens is 417 g/mol. The van der Waals surface area contributed by atoms with Crippen LogP contribution >= 0.6 is 34.1 Å². The van der Waals surface area contributed by atoms with Gasteiger partial charge in [0.2, 0.25) is 0 Å². The van der Waals surface area contributed by atoms with Gasteiger partial charge in [-0.3, -0.25) is 5.43 Å². The molecule has 1 fully saturated rings. The molecule has 116 valence electrons. The van der Waals surface area contributed by atoms with Gasteiger partial charge in [-0.2, -0.15) is 9.38 Å². The van der Waals surface area contributed by atoms with Crippen molar-refractivity contribution in [2.24, 2.45) is 0 Å². The Hall–Kier alpha value is -1.43. The number of carbonyl (C=O) groups excluding carboxylic acids is 1. The molecule has 0 spiro atoms. The number of anilines is 1. The van der Waals surface area contributed by atoms with Crippen molar-refractivity contribution in [2.75, 3.05) is 12.1 Å². The van der Waals surface area contributed by atoms with Gasteiger partial charge in [-0.1, -0.05) is 18.2 Å². The number of benzene rings is 1. The Bertz CT molecular complexity index is 707. The predicted molar refractivity (Wildman–Crippen MR) is 92.3 cm³/mol. The van der Waals surface area contributed by atoms with E-state index in [0.29, 0.717) is 12.4 Å². The summed E-state index contributed by atoms with van der Waals surface area (Å²) < 4.78 is 11.2. The average Bonchev–Trinajstić information content (AvgIpc) is 3.00. The molecule has 2 N–H and O–H groups in total. The molecule has 0 bridgehead atoms. The zero-order chi connectivity index (χ0) is 15.7. The second kappa shape index (κ2) is 6.36. The summed E-state index contributed by atoms with van der Waals surface area (Å²) in [7, 11) is 1.71. The van der Waals surface area contributed by atoms with Crippen LogP contribution in [0.2, 0.25) is 0 Å². The molecule has 22 heavy (non-hydrogen) atoms. The van der Waals surface area contributed by atoms with Crippen LogP contribution in [-0.2, 0) is 6.61 Å². The van der Waals surface area contributed by atoms with Gasteiger partial charge in [0.1, 0.15) is 12.4 Å². The number of hydrogen-bond donors (Lipinski definition) is 2. The number of ether oxygens (including phenoxy) is 1. The maximum absolute atomic E-state index is 11.9. The number of aromatic nitrogens is 1. The summed E-state index contributed by atoms with van der Waals surface area (Å²) in [6.45, 7) is 2.35. The molecule has 7 nitrogen and oxygen atoms in total. The van der Waals surface area contributed by atoms with Gasteiger partial charge in [-0.15, -0.1) is 10.7 Å². The number of nitrogens with one attached hydrogen (secondary N) is 2. The maximum Gasteiger partial charge on any atom is 0.354 e. The fourth-order valence-corrected chi connectivity index (χ4v) is 3.32. The number of urea groups is 1. The van der Waals surface area contributed by atoms with Crippen molar-refractivity contribution in [3.8, 4) is 5.75 Å². The molecule has 1 aromatic carbocycles. The van der Waals surface area contributed by atoms with E-state index in [1.54, 1.807) is 7.05 Å². The fourth-order valence-electron chi connectivity index (χ4n) is 2.00. The lowest BCUT2D eigenvalue weighted by Crippen LogP contribution is -2.39. The minimum absolute atomic E-state index is 0.277. The fraction of sp³-hybridized carbons (Fsp3) is 0.231. The molecule has 0 saturated carbocycles.